The predicted octanol–water partition coefficient (Wildman–Crippen LogP) is 30.7. The van der Waals surface area contributed by atoms with Crippen LogP contribution >= 0.6 is 144 Å². The molecule has 26 heteroatoms. The fourth-order valence-electron chi connectivity index (χ4n) is 13.9. The van der Waals surface area contributed by atoms with Crippen LogP contribution < -0.4 is 15.3 Å². The number of thiophene rings is 5. The van der Waals surface area contributed by atoms with Crippen LogP contribution in [0.15, 0.2) is 52.9 Å². The number of aryl methyl sites for hydroxylation is 2. The number of benzene rings is 2. The van der Waals surface area contributed by atoms with E-state index in [1.807, 2.05) is 13.8 Å². The van der Waals surface area contributed by atoms with Gasteiger partial charge in [-0.2, -0.15) is 17.5 Å². The Morgan fingerprint density at radius 2 is 0.798 bits per heavy atom. The van der Waals surface area contributed by atoms with E-state index in [0.717, 1.165) is 150 Å². The van der Waals surface area contributed by atoms with Crippen molar-refractivity contribution in [1.29, 1.82) is 0 Å². The molecule has 0 N–H and O–H groups in total. The molecule has 0 saturated carbocycles. The Kier molecular flexibility index (Phi) is 48.3. The number of hydrogen-bond donors (Lipinski definition) is 0. The van der Waals surface area contributed by atoms with Crippen LogP contribution in [0.1, 0.15) is 303 Å². The van der Waals surface area contributed by atoms with Gasteiger partial charge in [-0.3, -0.25) is 29.0 Å². The molecule has 0 aliphatic carbocycles. The van der Waals surface area contributed by atoms with Gasteiger partial charge in [-0.1, -0.05) is 222 Å². The summed E-state index contributed by atoms with van der Waals surface area (Å²) < 4.78 is 38.0. The van der Waals surface area contributed by atoms with Gasteiger partial charge in [0.15, 0.2) is 0 Å². The fourth-order valence-corrected chi connectivity index (χ4v) is 35.4. The number of aromatic nitrogens is 4. The van der Waals surface area contributed by atoms with E-state index in [1.165, 1.54) is 215 Å². The van der Waals surface area contributed by atoms with Crippen molar-refractivity contribution in [3.63, 3.8) is 0 Å². The van der Waals surface area contributed by atoms with Crippen molar-refractivity contribution in [2.45, 2.75) is 300 Å². The van der Waals surface area contributed by atoms with Crippen molar-refractivity contribution in [2.24, 2.45) is 0 Å². The molecule has 0 fully saturated rings. The Hall–Kier alpha value is -2.09. The number of amides is 4. The monoisotopic (exact) mass is 2150 g/mol. The summed E-state index contributed by atoms with van der Waals surface area (Å²) in [7, 11) is 4.50. The van der Waals surface area contributed by atoms with Crippen molar-refractivity contribution in [1.82, 2.24) is 27.3 Å². The third-order valence-corrected chi connectivity index (χ3v) is 46.3. The molecular formula is C88H127BBr4N6O6S7Sn2+. The number of nitrogens with zero attached hydrogens (tertiary/aromatic N) is 6. The summed E-state index contributed by atoms with van der Waals surface area (Å²) >= 11 is 22.2. The molecule has 0 bridgehead atoms. The molecule has 9 aromatic rings. The maximum atomic E-state index is 13.9. The Bertz CT molecular complexity index is 4390. The SMILES string of the molecule is C.CCCCCCCCCCCCN1C(=O)c2c(Br)sc(Br)c2C1=O.CCCCCCCCCCCCN1C(=O)c2c(C)sc(-c3ccc(-c4c(OCCCCCCCC)c(C)c(-c5ccc(C)s5)c5nsnc45)s3)c2C1=O.CCCCCCCCOc1c(C)c(Br)c2nsnc2c1Br.[B]C.[CH3+].[CH3][Sn]([CH3])[c]1cc[c]([Sn]([CH3])([CH3])[CH3])s1. The number of ether oxygens (including phenoxy) is 2. The maximum absolute atomic E-state index is 13.9. The molecule has 9 heterocycles. The predicted molar refractivity (Wildman–Crippen MR) is 520 cm³/mol. The summed E-state index contributed by atoms with van der Waals surface area (Å²) in [4.78, 5) is 73.9. The molecule has 4 amide bonds. The number of halogens is 4. The molecule has 0 unspecified atom stereocenters. The normalized spacial score (nSPS) is 12.3. The Morgan fingerprint density at radius 1 is 0.412 bits per heavy atom. The number of fused-ring (bicyclic) bond motifs is 4. The van der Waals surface area contributed by atoms with E-state index in [9.17, 15) is 19.2 Å². The zero-order valence-electron chi connectivity index (χ0n) is 70.0. The summed E-state index contributed by atoms with van der Waals surface area (Å²) in [5.74, 6) is 1.17. The molecule has 625 valence electrons. The van der Waals surface area contributed by atoms with Gasteiger partial charge >= 0.3 is 92.1 Å². The van der Waals surface area contributed by atoms with E-state index in [2.05, 4.69) is 194 Å². The number of unbranched alkanes of at least 4 members (excludes halogenated alkanes) is 28. The number of hydrogen-bond acceptors (Lipinski definition) is 17. The molecule has 7 aromatic heterocycles. The molecule has 0 spiro atoms. The number of carbonyl (C=O) groups is 4. The molecule has 0 atom stereocenters. The zero-order chi connectivity index (χ0) is 81.4. The van der Waals surface area contributed by atoms with E-state index in [-0.39, 0.29) is 38.5 Å². The van der Waals surface area contributed by atoms with Gasteiger partial charge in [0.2, 0.25) is 0 Å². The van der Waals surface area contributed by atoms with Gasteiger partial charge in [0.05, 0.1) is 93.7 Å². The van der Waals surface area contributed by atoms with Gasteiger partial charge in [-0.05, 0) is 141 Å². The van der Waals surface area contributed by atoms with Crippen LogP contribution in [0.2, 0.25) is 31.5 Å². The summed E-state index contributed by atoms with van der Waals surface area (Å²) in [5, 5.41) is 0. The minimum absolute atomic E-state index is 0. The first-order valence-electron chi connectivity index (χ1n) is 41.1. The second-order valence-corrected chi connectivity index (χ2v) is 65.1. The third kappa shape index (κ3) is 28.8. The van der Waals surface area contributed by atoms with E-state index in [0.29, 0.717) is 42.0 Å². The topological polar surface area (TPSA) is 145 Å². The number of carbonyl (C=O) groups excluding carboxylic acids is 4. The summed E-state index contributed by atoms with van der Waals surface area (Å²) in [6, 6.07) is 13.4. The first kappa shape index (κ1) is 102. The van der Waals surface area contributed by atoms with Crippen LogP contribution in [0.25, 0.3) is 52.7 Å². The second kappa shape index (κ2) is 53.7. The van der Waals surface area contributed by atoms with Crippen LogP contribution in [0.4, 0.5) is 0 Å². The van der Waals surface area contributed by atoms with E-state index in [4.69, 9.17) is 18.2 Å². The van der Waals surface area contributed by atoms with Gasteiger partial charge in [-0.25, -0.2) is 0 Å². The van der Waals surface area contributed by atoms with Gasteiger partial charge in [0.25, 0.3) is 23.6 Å². The van der Waals surface area contributed by atoms with Crippen molar-refractivity contribution in [2.75, 3.05) is 26.3 Å². The molecule has 11 rings (SSSR count). The summed E-state index contributed by atoms with van der Waals surface area (Å²) in [5.41, 5.74) is 10.0. The van der Waals surface area contributed by atoms with Crippen LogP contribution in [0.3, 0.4) is 0 Å². The summed E-state index contributed by atoms with van der Waals surface area (Å²) in [6.45, 7) is 21.2. The van der Waals surface area contributed by atoms with E-state index in [1.54, 1.807) is 39.8 Å². The zero-order valence-corrected chi connectivity index (χ0v) is 87.8. The molecule has 2 aliphatic rings. The third-order valence-electron chi connectivity index (χ3n) is 20.3. The Balaban J connectivity index is 0.000000313. The van der Waals surface area contributed by atoms with Gasteiger partial charge in [-0.15, -0.1) is 45.3 Å². The number of imide groups is 2. The quantitative estimate of drug-likeness (QED) is 0.0157. The van der Waals surface area contributed by atoms with E-state index >= 15 is 0 Å². The Labute approximate surface area is 760 Å². The number of rotatable bonds is 43. The first-order valence-corrected chi connectivity index (χ1v) is 67.0. The average Bonchev–Trinajstić information content (AvgIpc) is 1.55. The molecule has 114 heavy (non-hydrogen) atoms. The van der Waals surface area contributed by atoms with Gasteiger partial charge in [0.1, 0.15) is 33.6 Å². The summed E-state index contributed by atoms with van der Waals surface area (Å²) in [6.07, 6.45) is 39.4. The first-order chi connectivity index (χ1) is 54.0. The van der Waals surface area contributed by atoms with Crippen molar-refractivity contribution in [3.8, 4) is 42.1 Å². The molecule has 2 aromatic carbocycles. The Morgan fingerprint density at radius 3 is 1.23 bits per heavy atom. The fraction of sp³-hybridized carbons (Fsp3) is 0.580. The van der Waals surface area contributed by atoms with Crippen molar-refractivity contribution >= 4 is 241 Å². The second-order valence-electron chi connectivity index (χ2n) is 30.5. The molecule has 12 nitrogen and oxygen atoms in total. The van der Waals surface area contributed by atoms with Crippen molar-refractivity contribution in [3.05, 3.63) is 103 Å². The van der Waals surface area contributed by atoms with Gasteiger partial charge < -0.3 is 9.47 Å². The molecular weight excluding hydrogens is 2030 g/mol. The van der Waals surface area contributed by atoms with Crippen LogP contribution in [0, 0.1) is 35.1 Å². The van der Waals surface area contributed by atoms with Crippen LogP contribution in [-0.2, 0) is 0 Å². The molecule has 3 radical (unpaired) electrons. The minimum atomic E-state index is -1.70. The molecule has 2 aliphatic heterocycles. The average molecular weight is 2160 g/mol. The van der Waals surface area contributed by atoms with E-state index < -0.39 is 38.1 Å². The van der Waals surface area contributed by atoms with Crippen LogP contribution in [-0.4, -0.2) is 123 Å². The van der Waals surface area contributed by atoms with Crippen LogP contribution in [0.5, 0.6) is 11.5 Å². The molecule has 0 saturated heterocycles. The standard InChI is InChI=1S/C43H55N3O3S4.C18H25Br2NO2S.C15H20Br2N2OS.C4H2S.CH3B.CH4.6CH3.2Sn/c1-6-8-10-12-14-15-16-17-18-20-26-46-42(47)35-30(5)51-41(37(35)43(46)48)33-25-24-32(52-33)36-39-38(44-53-45-39)34(31-23-22-28(3)50-31)29(4)40(36)49-27-21-19-13-11-9-7-2;1-2-3-4-5-6-7-8-9-10-11-12-21-17(22)13-14(18(21)23)16(20)24-15(13)19;1-3-4-5-6-7-8-9-20-15-10(2)11(16)13-14(12(15)17)19-21-18-13;1-2-4-5-3-1;1-2;;;;;;;;;/h22-25H,6-21,26-27H2,1-5H3;2-12H2,1H3;3-9H2,1-2H3;1-2H;1H3;1H4;6*1H3;;/q;;;;;;;;;;;+1;;. The van der Waals surface area contributed by atoms with Crippen molar-refractivity contribution < 1.29 is 28.7 Å². The van der Waals surface area contributed by atoms with Gasteiger partial charge in [0, 0.05) is 61.6 Å².